The first kappa shape index (κ1) is 19.4. The molecule has 1 aliphatic carbocycles. The highest BCUT2D eigenvalue weighted by Gasteiger charge is 2.34. The summed E-state index contributed by atoms with van der Waals surface area (Å²) in [5, 5.41) is 12.2. The van der Waals surface area contributed by atoms with Gasteiger partial charge in [-0.1, -0.05) is 61.6 Å². The number of carbonyl (C=O) groups excluding carboxylic acids is 1. The van der Waals surface area contributed by atoms with E-state index in [1.54, 1.807) is 11.7 Å². The molecule has 5 heteroatoms. The number of amidine groups is 1. The average Bonchev–Trinajstić information content (AvgIpc) is 2.90. The minimum Gasteiger partial charge on any atom is -0.346 e. The van der Waals surface area contributed by atoms with Crippen molar-refractivity contribution in [3.8, 4) is 0 Å². The van der Waals surface area contributed by atoms with Gasteiger partial charge in [0.05, 0.1) is 5.54 Å². The highest BCUT2D eigenvalue weighted by Crippen LogP contribution is 2.41. The molecule has 0 atom stereocenters. The Hall–Kier alpha value is -2.40. The van der Waals surface area contributed by atoms with E-state index in [1.165, 1.54) is 30.4 Å². The number of carbonyl (C=O) groups is 1. The second-order valence-electron chi connectivity index (χ2n) is 7.55. The van der Waals surface area contributed by atoms with Crippen molar-refractivity contribution in [2.75, 3.05) is 0 Å². The molecule has 1 aromatic rings. The molecule has 3 N–H and O–H groups in total. The fourth-order valence-electron chi connectivity index (χ4n) is 4.02. The molecule has 1 fully saturated rings. The SMILES string of the molecule is CCC1=CC(=NC2(c3cccc(C)c3)CCCCC2)NC=C(C(=O)NO)C1. The number of nitrogens with zero attached hydrogens (tertiary/aromatic N) is 1. The van der Waals surface area contributed by atoms with Crippen LogP contribution < -0.4 is 10.8 Å². The largest absolute Gasteiger partial charge is 0.346 e. The lowest BCUT2D eigenvalue weighted by atomic mass is 9.76. The van der Waals surface area contributed by atoms with Crippen LogP contribution in [0.1, 0.15) is 63.0 Å². The van der Waals surface area contributed by atoms with Crippen molar-refractivity contribution in [3.05, 3.63) is 58.8 Å². The van der Waals surface area contributed by atoms with Crippen molar-refractivity contribution in [3.63, 3.8) is 0 Å². The van der Waals surface area contributed by atoms with Gasteiger partial charge in [0.1, 0.15) is 5.84 Å². The van der Waals surface area contributed by atoms with Gasteiger partial charge in [-0.2, -0.15) is 0 Å². The fraction of sp³-hybridized carbons (Fsp3) is 0.455. The van der Waals surface area contributed by atoms with Crippen LogP contribution in [0.2, 0.25) is 0 Å². The maximum absolute atomic E-state index is 11.9. The number of benzene rings is 1. The molecule has 0 bridgehead atoms. The summed E-state index contributed by atoms with van der Waals surface area (Å²) in [4.78, 5) is 17.1. The Morgan fingerprint density at radius 2 is 2.07 bits per heavy atom. The Labute approximate surface area is 161 Å². The summed E-state index contributed by atoms with van der Waals surface area (Å²) in [6.45, 7) is 4.19. The molecule has 0 unspecified atom stereocenters. The van der Waals surface area contributed by atoms with E-state index in [0.29, 0.717) is 12.0 Å². The first-order valence-electron chi connectivity index (χ1n) is 9.83. The molecule has 0 saturated heterocycles. The predicted molar refractivity (Wildman–Crippen MR) is 108 cm³/mol. The third-order valence-corrected chi connectivity index (χ3v) is 5.57. The lowest BCUT2D eigenvalue weighted by molar-refractivity contribution is -0.125. The molecule has 1 amide bonds. The normalized spacial score (nSPS) is 20.9. The third kappa shape index (κ3) is 4.48. The number of hydrogen-bond donors (Lipinski definition) is 3. The second-order valence-corrected chi connectivity index (χ2v) is 7.55. The summed E-state index contributed by atoms with van der Waals surface area (Å²) in [5.41, 5.74) is 5.64. The van der Waals surface area contributed by atoms with Gasteiger partial charge >= 0.3 is 0 Å². The lowest BCUT2D eigenvalue weighted by Gasteiger charge is -2.35. The Kier molecular flexibility index (Phi) is 6.11. The molecule has 27 heavy (non-hydrogen) atoms. The molecule has 0 radical (unpaired) electrons. The van der Waals surface area contributed by atoms with E-state index in [2.05, 4.69) is 49.5 Å². The Morgan fingerprint density at radius 1 is 1.30 bits per heavy atom. The van der Waals surface area contributed by atoms with Gasteiger partial charge in [0, 0.05) is 18.2 Å². The van der Waals surface area contributed by atoms with E-state index in [-0.39, 0.29) is 5.54 Å². The molecule has 1 aliphatic heterocycles. The summed E-state index contributed by atoms with van der Waals surface area (Å²) >= 11 is 0. The fourth-order valence-corrected chi connectivity index (χ4v) is 4.02. The van der Waals surface area contributed by atoms with Gasteiger partial charge < -0.3 is 5.32 Å². The number of hydroxylamine groups is 1. The summed E-state index contributed by atoms with van der Waals surface area (Å²) < 4.78 is 0. The van der Waals surface area contributed by atoms with Crippen LogP contribution in [0.3, 0.4) is 0 Å². The minimum absolute atomic E-state index is 0.223. The maximum atomic E-state index is 11.9. The van der Waals surface area contributed by atoms with Crippen molar-refractivity contribution in [1.29, 1.82) is 0 Å². The Balaban J connectivity index is 2.01. The summed E-state index contributed by atoms with van der Waals surface area (Å²) in [5.74, 6) is 0.310. The van der Waals surface area contributed by atoms with E-state index in [4.69, 9.17) is 10.2 Å². The molecule has 0 spiro atoms. The number of allylic oxidation sites excluding steroid dienone is 1. The van der Waals surface area contributed by atoms with Crippen molar-refractivity contribution >= 4 is 11.7 Å². The van der Waals surface area contributed by atoms with Gasteiger partial charge in [0.15, 0.2) is 0 Å². The highest BCUT2D eigenvalue weighted by atomic mass is 16.5. The standard InChI is InChI=1S/C22H29N3O2/c1-3-17-13-18(21(26)25-27)15-23-20(14-17)24-22(10-5-4-6-11-22)19-9-7-8-16(2)12-19/h7-9,12,14-15,27H,3-6,10-11,13H2,1-2H3,(H,23,24)(H,25,26). The molecule has 5 nitrogen and oxygen atoms in total. The predicted octanol–water partition coefficient (Wildman–Crippen LogP) is 4.27. The second kappa shape index (κ2) is 8.53. The topological polar surface area (TPSA) is 73.7 Å². The number of nitrogens with one attached hydrogen (secondary N) is 2. The van der Waals surface area contributed by atoms with Crippen LogP contribution in [0, 0.1) is 6.92 Å². The zero-order valence-corrected chi connectivity index (χ0v) is 16.2. The van der Waals surface area contributed by atoms with E-state index in [9.17, 15) is 4.79 Å². The number of rotatable bonds is 4. The van der Waals surface area contributed by atoms with Gasteiger partial charge in [0.2, 0.25) is 0 Å². The van der Waals surface area contributed by atoms with Gasteiger partial charge in [0.25, 0.3) is 5.91 Å². The van der Waals surface area contributed by atoms with Gasteiger partial charge in [-0.25, -0.2) is 5.48 Å². The van der Waals surface area contributed by atoms with Crippen molar-refractivity contribution in [2.45, 2.75) is 64.3 Å². The highest BCUT2D eigenvalue weighted by molar-refractivity contribution is 5.99. The quantitative estimate of drug-likeness (QED) is 0.549. The van der Waals surface area contributed by atoms with Crippen molar-refractivity contribution in [1.82, 2.24) is 10.8 Å². The zero-order chi connectivity index (χ0) is 19.3. The molecule has 144 valence electrons. The number of hydrogen-bond acceptors (Lipinski definition) is 3. The van der Waals surface area contributed by atoms with Crippen LogP contribution in [-0.2, 0) is 10.3 Å². The monoisotopic (exact) mass is 367 g/mol. The van der Waals surface area contributed by atoms with Crippen molar-refractivity contribution < 1.29 is 10.0 Å². The summed E-state index contributed by atoms with van der Waals surface area (Å²) in [7, 11) is 0. The van der Waals surface area contributed by atoms with Crippen LogP contribution in [0.5, 0.6) is 0 Å². The van der Waals surface area contributed by atoms with Crippen molar-refractivity contribution in [2.24, 2.45) is 4.99 Å². The average molecular weight is 367 g/mol. The van der Waals surface area contributed by atoms with Gasteiger partial charge in [-0.3, -0.25) is 15.0 Å². The number of aliphatic imine (C=N–C) groups is 1. The lowest BCUT2D eigenvalue weighted by Crippen LogP contribution is -2.31. The van der Waals surface area contributed by atoms with Gasteiger partial charge in [-0.05, 0) is 37.8 Å². The first-order chi connectivity index (χ1) is 13.1. The van der Waals surface area contributed by atoms with Crippen LogP contribution in [0.15, 0.2) is 52.7 Å². The molecule has 1 saturated carbocycles. The molecular formula is C22H29N3O2. The van der Waals surface area contributed by atoms with Gasteiger partial charge in [-0.15, -0.1) is 0 Å². The van der Waals surface area contributed by atoms with E-state index in [0.717, 1.165) is 30.7 Å². The third-order valence-electron chi connectivity index (χ3n) is 5.57. The summed E-state index contributed by atoms with van der Waals surface area (Å²) in [6.07, 6.45) is 10.7. The number of amides is 1. The van der Waals surface area contributed by atoms with E-state index in [1.807, 2.05) is 0 Å². The molecule has 1 aromatic carbocycles. The first-order valence-corrected chi connectivity index (χ1v) is 9.83. The summed E-state index contributed by atoms with van der Waals surface area (Å²) in [6, 6.07) is 8.66. The minimum atomic E-state index is -0.478. The maximum Gasteiger partial charge on any atom is 0.272 e. The molecule has 0 aromatic heterocycles. The van der Waals surface area contributed by atoms with E-state index < -0.39 is 5.91 Å². The van der Waals surface area contributed by atoms with Crippen LogP contribution in [-0.4, -0.2) is 17.0 Å². The van der Waals surface area contributed by atoms with Crippen LogP contribution in [0.4, 0.5) is 0 Å². The molecule has 2 aliphatic rings. The van der Waals surface area contributed by atoms with Crippen LogP contribution in [0.25, 0.3) is 0 Å². The zero-order valence-electron chi connectivity index (χ0n) is 16.2. The number of aryl methyl sites for hydroxylation is 1. The molecule has 3 rings (SSSR count). The Morgan fingerprint density at radius 3 is 2.74 bits per heavy atom. The smallest absolute Gasteiger partial charge is 0.272 e. The molecular weight excluding hydrogens is 338 g/mol. The van der Waals surface area contributed by atoms with Crippen LogP contribution >= 0.6 is 0 Å². The van der Waals surface area contributed by atoms with E-state index >= 15 is 0 Å². The Bertz CT molecular complexity index is 787. The molecule has 1 heterocycles.